The van der Waals surface area contributed by atoms with E-state index in [1.165, 1.54) is 39.5 Å². The molecule has 0 saturated carbocycles. The van der Waals surface area contributed by atoms with Gasteiger partial charge in [-0.2, -0.15) is 4.31 Å². The number of likely N-dealkylation sites (N-methyl/N-ethyl adjacent to an activating group) is 1. The number of rotatable bonds is 6. The number of aliphatic hydroxyl groups is 1. The van der Waals surface area contributed by atoms with Crippen molar-refractivity contribution in [3.63, 3.8) is 0 Å². The van der Waals surface area contributed by atoms with Crippen molar-refractivity contribution in [2.75, 3.05) is 32.1 Å². The molecule has 0 spiro atoms. The molecule has 3 atom stereocenters. The summed E-state index contributed by atoms with van der Waals surface area (Å²) in [5.41, 5.74) is 3.25. The number of aliphatic hydroxyl groups excluding tert-OH is 1. The Morgan fingerprint density at radius 1 is 1.13 bits per heavy atom. The number of sulfonamides is 1. The van der Waals surface area contributed by atoms with Crippen LogP contribution in [0.2, 0.25) is 0 Å². The third-order valence-electron chi connectivity index (χ3n) is 6.95. The molecule has 1 heterocycles. The lowest BCUT2D eigenvalue weighted by atomic mass is 10.0. The molecule has 10 heteroatoms. The summed E-state index contributed by atoms with van der Waals surface area (Å²) in [6.07, 6.45) is -0.565. The molecule has 2 amide bonds. The zero-order chi connectivity index (χ0) is 28.3. The third-order valence-corrected chi connectivity index (χ3v) is 8.97. The lowest BCUT2D eigenvalue weighted by molar-refractivity contribution is 0.0830. The smallest absolute Gasteiger partial charge is 0.321 e. The first-order valence-electron chi connectivity index (χ1n) is 12.8. The van der Waals surface area contributed by atoms with Gasteiger partial charge in [0.25, 0.3) is 0 Å². The molecule has 8 nitrogen and oxygen atoms in total. The Kier molecular flexibility index (Phi) is 8.58. The van der Waals surface area contributed by atoms with Gasteiger partial charge in [-0.3, -0.25) is 0 Å². The standard InChI is InChI=1S/C29H34FN3O5S/c1-19-5-7-22(8-6-19)23-9-14-28-26(15-23)38-27(20(2)16-33(21(3)18-34)39(28,36)37)17-32(4)29(35)31-25-12-10-24(30)11-13-25/h5-15,20-21,27,34H,16-18H2,1-4H3,(H,31,35)/t20-,21+,27-/m1/s1. The maximum absolute atomic E-state index is 13.7. The lowest BCUT2D eigenvalue weighted by Gasteiger charge is -2.37. The van der Waals surface area contributed by atoms with Gasteiger partial charge in [0.2, 0.25) is 10.0 Å². The summed E-state index contributed by atoms with van der Waals surface area (Å²) in [6.45, 7) is 5.42. The molecule has 0 bridgehead atoms. The highest BCUT2D eigenvalue weighted by atomic mass is 32.2. The van der Waals surface area contributed by atoms with Crippen LogP contribution >= 0.6 is 0 Å². The predicted octanol–water partition coefficient (Wildman–Crippen LogP) is 4.73. The van der Waals surface area contributed by atoms with E-state index in [0.717, 1.165) is 16.7 Å². The topological polar surface area (TPSA) is 99.2 Å². The van der Waals surface area contributed by atoms with Gasteiger partial charge in [0.1, 0.15) is 22.6 Å². The largest absolute Gasteiger partial charge is 0.487 e. The molecule has 0 aliphatic carbocycles. The molecular formula is C29H34FN3O5S. The number of aryl methyl sites for hydroxylation is 1. The van der Waals surface area contributed by atoms with Gasteiger partial charge in [-0.15, -0.1) is 0 Å². The highest BCUT2D eigenvalue weighted by molar-refractivity contribution is 7.89. The third kappa shape index (κ3) is 6.41. The molecule has 2 N–H and O–H groups in total. The Morgan fingerprint density at radius 2 is 1.77 bits per heavy atom. The number of urea groups is 1. The number of fused-ring (bicyclic) bond motifs is 1. The maximum atomic E-state index is 13.7. The molecule has 1 aliphatic heterocycles. The number of hydrogen-bond acceptors (Lipinski definition) is 5. The minimum absolute atomic E-state index is 0.00831. The van der Waals surface area contributed by atoms with E-state index in [9.17, 15) is 22.7 Å². The van der Waals surface area contributed by atoms with E-state index in [4.69, 9.17) is 4.74 Å². The summed E-state index contributed by atoms with van der Waals surface area (Å²) in [7, 11) is -2.37. The molecule has 0 unspecified atom stereocenters. The fourth-order valence-corrected chi connectivity index (χ4v) is 6.30. The Bertz CT molecular complexity index is 1410. The van der Waals surface area contributed by atoms with Crippen LogP contribution in [-0.2, 0) is 10.0 Å². The van der Waals surface area contributed by atoms with Crippen LogP contribution in [0.15, 0.2) is 71.6 Å². The second-order valence-electron chi connectivity index (χ2n) is 10.1. The Labute approximate surface area is 229 Å². The number of benzene rings is 3. The summed E-state index contributed by atoms with van der Waals surface area (Å²) in [6, 6.07) is 17.3. The molecule has 3 aromatic rings. The number of halogens is 1. The molecule has 4 rings (SSSR count). The molecule has 39 heavy (non-hydrogen) atoms. The molecular weight excluding hydrogens is 521 g/mol. The van der Waals surface area contributed by atoms with E-state index >= 15 is 0 Å². The van der Waals surface area contributed by atoms with Crippen molar-refractivity contribution in [2.45, 2.75) is 37.8 Å². The predicted molar refractivity (Wildman–Crippen MR) is 149 cm³/mol. The summed E-state index contributed by atoms with van der Waals surface area (Å²) < 4.78 is 48.4. The summed E-state index contributed by atoms with van der Waals surface area (Å²) in [5, 5.41) is 12.6. The number of hydrogen-bond donors (Lipinski definition) is 2. The monoisotopic (exact) mass is 555 g/mol. The molecule has 0 saturated heterocycles. The first kappa shape index (κ1) is 28.5. The van der Waals surface area contributed by atoms with Crippen LogP contribution in [0, 0.1) is 18.7 Å². The minimum atomic E-state index is -3.98. The van der Waals surface area contributed by atoms with Gasteiger partial charge in [-0.05, 0) is 61.4 Å². The van der Waals surface area contributed by atoms with Crippen molar-refractivity contribution < 1.29 is 27.4 Å². The molecule has 1 aliphatic rings. The van der Waals surface area contributed by atoms with Crippen molar-refractivity contribution in [1.82, 2.24) is 9.21 Å². The van der Waals surface area contributed by atoms with Crippen LogP contribution in [0.5, 0.6) is 5.75 Å². The van der Waals surface area contributed by atoms with Gasteiger partial charge in [0, 0.05) is 31.2 Å². The number of nitrogens with zero attached hydrogens (tertiary/aromatic N) is 2. The quantitative estimate of drug-likeness (QED) is 0.458. The fraction of sp³-hybridized carbons (Fsp3) is 0.345. The van der Waals surface area contributed by atoms with Crippen LogP contribution in [0.25, 0.3) is 11.1 Å². The van der Waals surface area contributed by atoms with Gasteiger partial charge >= 0.3 is 6.03 Å². The van der Waals surface area contributed by atoms with Crippen LogP contribution < -0.4 is 10.1 Å². The van der Waals surface area contributed by atoms with Gasteiger partial charge in [0.15, 0.2) is 0 Å². The van der Waals surface area contributed by atoms with Crippen molar-refractivity contribution >= 4 is 21.7 Å². The average Bonchev–Trinajstić information content (AvgIpc) is 2.91. The van der Waals surface area contributed by atoms with E-state index in [-0.39, 0.29) is 36.3 Å². The number of carbonyl (C=O) groups is 1. The van der Waals surface area contributed by atoms with Crippen LogP contribution in [0.4, 0.5) is 14.9 Å². The van der Waals surface area contributed by atoms with Gasteiger partial charge < -0.3 is 20.1 Å². The van der Waals surface area contributed by atoms with Gasteiger partial charge in [0.05, 0.1) is 13.2 Å². The Morgan fingerprint density at radius 3 is 2.41 bits per heavy atom. The van der Waals surface area contributed by atoms with E-state index in [1.54, 1.807) is 26.1 Å². The second kappa shape index (κ2) is 11.7. The average molecular weight is 556 g/mol. The molecule has 0 fully saturated rings. The summed E-state index contributed by atoms with van der Waals surface area (Å²) in [4.78, 5) is 14.3. The van der Waals surface area contributed by atoms with Crippen molar-refractivity contribution in [3.8, 4) is 16.9 Å². The summed E-state index contributed by atoms with van der Waals surface area (Å²) in [5.74, 6) is -0.545. The highest BCUT2D eigenvalue weighted by Crippen LogP contribution is 2.36. The highest BCUT2D eigenvalue weighted by Gasteiger charge is 2.38. The zero-order valence-electron chi connectivity index (χ0n) is 22.5. The Hall–Kier alpha value is -3.47. The molecule has 0 aromatic heterocycles. The molecule has 208 valence electrons. The van der Waals surface area contributed by atoms with E-state index in [2.05, 4.69) is 5.32 Å². The number of ether oxygens (including phenoxy) is 1. The number of anilines is 1. The minimum Gasteiger partial charge on any atom is -0.487 e. The number of nitrogens with one attached hydrogen (secondary N) is 1. The fourth-order valence-electron chi connectivity index (χ4n) is 4.47. The Balaban J connectivity index is 1.68. The zero-order valence-corrected chi connectivity index (χ0v) is 23.3. The first-order chi connectivity index (χ1) is 18.5. The lowest BCUT2D eigenvalue weighted by Crippen LogP contribution is -2.50. The van der Waals surface area contributed by atoms with Gasteiger partial charge in [-0.1, -0.05) is 42.8 Å². The first-order valence-corrected chi connectivity index (χ1v) is 14.2. The molecule has 3 aromatic carbocycles. The number of amides is 2. The van der Waals surface area contributed by atoms with Gasteiger partial charge in [-0.25, -0.2) is 17.6 Å². The van der Waals surface area contributed by atoms with E-state index in [1.807, 2.05) is 38.1 Å². The SMILES string of the molecule is Cc1ccc(-c2ccc3c(c2)O[C@H](CN(C)C(=O)Nc2ccc(F)cc2)[C@H](C)CN([C@@H](C)CO)S3(=O)=O)cc1. The van der Waals surface area contributed by atoms with Crippen LogP contribution in [-0.4, -0.2) is 67.7 Å². The normalized spacial score (nSPS) is 19.6. The van der Waals surface area contributed by atoms with Crippen molar-refractivity contribution in [2.24, 2.45) is 5.92 Å². The van der Waals surface area contributed by atoms with Crippen molar-refractivity contribution in [1.29, 1.82) is 0 Å². The van der Waals surface area contributed by atoms with Crippen molar-refractivity contribution in [3.05, 3.63) is 78.1 Å². The second-order valence-corrected chi connectivity index (χ2v) is 11.9. The maximum Gasteiger partial charge on any atom is 0.321 e. The summed E-state index contributed by atoms with van der Waals surface area (Å²) >= 11 is 0. The van der Waals surface area contributed by atoms with E-state index in [0.29, 0.717) is 5.69 Å². The van der Waals surface area contributed by atoms with Crippen LogP contribution in [0.3, 0.4) is 0 Å². The van der Waals surface area contributed by atoms with E-state index < -0.39 is 34.0 Å². The molecule has 0 radical (unpaired) electrons. The van der Waals surface area contributed by atoms with Crippen LogP contribution in [0.1, 0.15) is 19.4 Å². The number of carbonyl (C=O) groups excluding carboxylic acids is 1.